The molecule has 0 aromatic heterocycles. The minimum Gasteiger partial charge on any atom is -0.377 e. The second kappa shape index (κ2) is 6.39. The van der Waals surface area contributed by atoms with Gasteiger partial charge < -0.3 is 19.7 Å². The summed E-state index contributed by atoms with van der Waals surface area (Å²) in [6.07, 6.45) is -0.306. The molecule has 2 fully saturated rings. The number of hydrogen-bond donors (Lipinski definition) is 1. The summed E-state index contributed by atoms with van der Waals surface area (Å²) < 4.78 is 10.7. The van der Waals surface area contributed by atoms with Crippen molar-refractivity contribution in [3.8, 4) is 0 Å². The molecule has 2 aliphatic heterocycles. The summed E-state index contributed by atoms with van der Waals surface area (Å²) in [6.45, 7) is 6.04. The van der Waals surface area contributed by atoms with Gasteiger partial charge in [-0.25, -0.2) is 0 Å². The Morgan fingerprint density at radius 3 is 2.88 bits per heavy atom. The number of halogens is 1. The van der Waals surface area contributed by atoms with E-state index in [1.54, 1.807) is 0 Å². The molecule has 1 N–H and O–H groups in total. The highest BCUT2D eigenvalue weighted by molar-refractivity contribution is 5.85. The molecular weight excluding hydrogens is 232 g/mol. The first-order valence-corrected chi connectivity index (χ1v) is 5.49. The predicted molar refractivity (Wildman–Crippen MR) is 61.9 cm³/mol. The molecule has 2 heterocycles. The summed E-state index contributed by atoms with van der Waals surface area (Å²) in [5.41, 5.74) is 0. The van der Waals surface area contributed by atoms with E-state index in [0.717, 1.165) is 6.54 Å². The number of nitrogens with zero attached hydrogens (tertiary/aromatic N) is 1. The van der Waals surface area contributed by atoms with Gasteiger partial charge in [0.25, 0.3) is 5.91 Å². The van der Waals surface area contributed by atoms with Crippen molar-refractivity contribution in [2.24, 2.45) is 0 Å². The van der Waals surface area contributed by atoms with Gasteiger partial charge in [0.2, 0.25) is 0 Å². The topological polar surface area (TPSA) is 50.8 Å². The Balaban J connectivity index is 0.00000128. The maximum absolute atomic E-state index is 12.1. The van der Waals surface area contributed by atoms with Crippen molar-refractivity contribution in [1.29, 1.82) is 0 Å². The van der Waals surface area contributed by atoms with Crippen LogP contribution in [0.3, 0.4) is 0 Å². The number of nitrogens with one attached hydrogen (secondary N) is 1. The number of hydrogen-bond acceptors (Lipinski definition) is 4. The lowest BCUT2D eigenvalue weighted by Gasteiger charge is -2.36. The van der Waals surface area contributed by atoms with Crippen molar-refractivity contribution in [2.45, 2.75) is 19.1 Å². The smallest absolute Gasteiger partial charge is 0.253 e. The first-order chi connectivity index (χ1) is 7.29. The number of morpholine rings is 2. The SMILES string of the molecule is CC1COCCN1C(=O)[C@@H]1CNCCO1.Cl. The third kappa shape index (κ3) is 3.07. The fourth-order valence-corrected chi connectivity index (χ4v) is 1.96. The molecule has 0 bridgehead atoms. The molecule has 16 heavy (non-hydrogen) atoms. The van der Waals surface area contributed by atoms with E-state index in [1.165, 1.54) is 0 Å². The Labute approximate surface area is 102 Å². The van der Waals surface area contributed by atoms with Crippen LogP contribution in [0, 0.1) is 0 Å². The fourth-order valence-electron chi connectivity index (χ4n) is 1.96. The zero-order chi connectivity index (χ0) is 10.7. The lowest BCUT2D eigenvalue weighted by molar-refractivity contribution is -0.153. The second-order valence-corrected chi connectivity index (χ2v) is 4.02. The Hall–Kier alpha value is -0.360. The third-order valence-electron chi connectivity index (χ3n) is 2.85. The maximum atomic E-state index is 12.1. The van der Waals surface area contributed by atoms with Gasteiger partial charge in [-0.15, -0.1) is 12.4 Å². The van der Waals surface area contributed by atoms with Gasteiger partial charge in [0.15, 0.2) is 0 Å². The minimum atomic E-state index is -0.306. The normalized spacial score (nSPS) is 30.7. The number of carbonyl (C=O) groups excluding carboxylic acids is 1. The minimum absolute atomic E-state index is 0. The zero-order valence-electron chi connectivity index (χ0n) is 9.48. The van der Waals surface area contributed by atoms with E-state index in [-0.39, 0.29) is 30.5 Å². The highest BCUT2D eigenvalue weighted by atomic mass is 35.5. The van der Waals surface area contributed by atoms with E-state index in [1.807, 2.05) is 11.8 Å². The first-order valence-electron chi connectivity index (χ1n) is 5.49. The van der Waals surface area contributed by atoms with E-state index >= 15 is 0 Å². The number of rotatable bonds is 1. The monoisotopic (exact) mass is 250 g/mol. The molecule has 5 nitrogen and oxygen atoms in total. The summed E-state index contributed by atoms with van der Waals surface area (Å²) in [5, 5.41) is 3.17. The number of ether oxygens (including phenoxy) is 2. The third-order valence-corrected chi connectivity index (χ3v) is 2.85. The molecule has 0 saturated carbocycles. The van der Waals surface area contributed by atoms with Crippen molar-refractivity contribution in [2.75, 3.05) is 39.5 Å². The highest BCUT2D eigenvalue weighted by Gasteiger charge is 2.31. The van der Waals surface area contributed by atoms with E-state index in [4.69, 9.17) is 9.47 Å². The quantitative estimate of drug-likeness (QED) is 0.691. The molecular formula is C10H19ClN2O3. The Bertz CT molecular complexity index is 234. The molecule has 2 aliphatic rings. The highest BCUT2D eigenvalue weighted by Crippen LogP contribution is 2.10. The van der Waals surface area contributed by atoms with Gasteiger partial charge in [-0.2, -0.15) is 0 Å². The van der Waals surface area contributed by atoms with Crippen molar-refractivity contribution in [3.05, 3.63) is 0 Å². The average molecular weight is 251 g/mol. The summed E-state index contributed by atoms with van der Waals surface area (Å²) in [7, 11) is 0. The molecule has 0 radical (unpaired) electrons. The van der Waals surface area contributed by atoms with Crippen LogP contribution in [0.15, 0.2) is 0 Å². The van der Waals surface area contributed by atoms with E-state index in [0.29, 0.717) is 32.9 Å². The van der Waals surface area contributed by atoms with Crippen LogP contribution in [0.25, 0.3) is 0 Å². The molecule has 0 aliphatic carbocycles. The number of amides is 1. The molecule has 1 unspecified atom stereocenters. The van der Waals surface area contributed by atoms with Gasteiger partial charge in [-0.05, 0) is 6.92 Å². The van der Waals surface area contributed by atoms with Crippen LogP contribution in [-0.2, 0) is 14.3 Å². The maximum Gasteiger partial charge on any atom is 0.253 e. The van der Waals surface area contributed by atoms with E-state index < -0.39 is 0 Å². The molecule has 0 aromatic rings. The Morgan fingerprint density at radius 2 is 2.25 bits per heavy atom. The molecule has 94 valence electrons. The van der Waals surface area contributed by atoms with Gasteiger partial charge in [0.05, 0.1) is 25.9 Å². The molecule has 1 amide bonds. The van der Waals surface area contributed by atoms with Crippen molar-refractivity contribution in [1.82, 2.24) is 10.2 Å². The Kier molecular flexibility index (Phi) is 5.48. The van der Waals surface area contributed by atoms with Crippen LogP contribution in [0.2, 0.25) is 0 Å². The lowest BCUT2D eigenvalue weighted by Crippen LogP contribution is -2.55. The zero-order valence-corrected chi connectivity index (χ0v) is 10.3. The van der Waals surface area contributed by atoms with Crippen LogP contribution in [0.5, 0.6) is 0 Å². The van der Waals surface area contributed by atoms with Crippen molar-refractivity contribution < 1.29 is 14.3 Å². The summed E-state index contributed by atoms with van der Waals surface area (Å²) in [6, 6.07) is 0.164. The van der Waals surface area contributed by atoms with Gasteiger partial charge >= 0.3 is 0 Å². The van der Waals surface area contributed by atoms with Crippen LogP contribution >= 0.6 is 12.4 Å². The van der Waals surface area contributed by atoms with Crippen LogP contribution < -0.4 is 5.32 Å². The molecule has 0 spiro atoms. The molecule has 2 atom stereocenters. The first kappa shape index (κ1) is 13.7. The van der Waals surface area contributed by atoms with Gasteiger partial charge in [-0.1, -0.05) is 0 Å². The van der Waals surface area contributed by atoms with E-state index in [9.17, 15) is 4.79 Å². The predicted octanol–water partition coefficient (Wildman–Crippen LogP) is -0.356. The summed E-state index contributed by atoms with van der Waals surface area (Å²) in [4.78, 5) is 13.9. The standard InChI is InChI=1S/C10H18N2O3.ClH/c1-8-7-14-5-3-12(8)10(13)9-6-11-2-4-15-9;/h8-9,11H,2-7H2,1H3;1H/t8?,9-;/m0./s1. The summed E-state index contributed by atoms with van der Waals surface area (Å²) >= 11 is 0. The molecule has 0 aromatic carbocycles. The van der Waals surface area contributed by atoms with Gasteiger partial charge in [0, 0.05) is 19.6 Å². The van der Waals surface area contributed by atoms with Crippen molar-refractivity contribution >= 4 is 18.3 Å². The molecule has 2 rings (SSSR count). The van der Waals surface area contributed by atoms with E-state index in [2.05, 4.69) is 5.32 Å². The average Bonchev–Trinajstić information content (AvgIpc) is 2.30. The lowest BCUT2D eigenvalue weighted by atomic mass is 10.2. The number of carbonyl (C=O) groups is 1. The van der Waals surface area contributed by atoms with Crippen LogP contribution in [-0.4, -0.2) is 62.4 Å². The second-order valence-electron chi connectivity index (χ2n) is 4.02. The molecule has 6 heteroatoms. The fraction of sp³-hybridized carbons (Fsp3) is 0.900. The Morgan fingerprint density at radius 1 is 1.44 bits per heavy atom. The van der Waals surface area contributed by atoms with Gasteiger partial charge in [-0.3, -0.25) is 4.79 Å². The summed E-state index contributed by atoms with van der Waals surface area (Å²) in [5.74, 6) is 0.0954. The largest absolute Gasteiger partial charge is 0.377 e. The van der Waals surface area contributed by atoms with Gasteiger partial charge in [0.1, 0.15) is 6.10 Å². The molecule has 2 saturated heterocycles. The van der Waals surface area contributed by atoms with Crippen molar-refractivity contribution in [3.63, 3.8) is 0 Å². The van der Waals surface area contributed by atoms with Crippen LogP contribution in [0.4, 0.5) is 0 Å². The van der Waals surface area contributed by atoms with Crippen LogP contribution in [0.1, 0.15) is 6.92 Å².